The van der Waals surface area contributed by atoms with Crippen LogP contribution in [-0.2, 0) is 13.1 Å². The molecule has 0 saturated heterocycles. The molecule has 224 valence electrons. The smallest absolute Gasteiger partial charge is 0.270 e. The van der Waals surface area contributed by atoms with Crippen LogP contribution in [0, 0.1) is 0 Å². The Hall–Kier alpha value is -5.98. The average molecular weight is 597 g/mol. The summed E-state index contributed by atoms with van der Waals surface area (Å²) in [6.07, 6.45) is 2.81. The lowest BCUT2D eigenvalue weighted by Crippen LogP contribution is -2.28. The minimum absolute atomic E-state index is 0.0584. The number of aromatic nitrogens is 2. The van der Waals surface area contributed by atoms with Crippen molar-refractivity contribution in [3.63, 3.8) is 0 Å². The minimum Gasteiger partial charge on any atom is -0.351 e. The van der Waals surface area contributed by atoms with Crippen molar-refractivity contribution in [1.82, 2.24) is 31.2 Å². The molecule has 16 heteroatoms. The average Bonchev–Trinajstić information content (AvgIpc) is 3.03. The molecule has 6 bridgehead atoms. The minimum atomic E-state index is -0.561. The van der Waals surface area contributed by atoms with Crippen LogP contribution in [0.25, 0.3) is 20.9 Å². The van der Waals surface area contributed by atoms with E-state index in [1.54, 1.807) is 24.3 Å². The number of pyridine rings is 2. The molecule has 0 spiro atoms. The van der Waals surface area contributed by atoms with Crippen molar-refractivity contribution in [1.29, 1.82) is 0 Å². The van der Waals surface area contributed by atoms with Gasteiger partial charge in [-0.3, -0.25) is 19.2 Å². The van der Waals surface area contributed by atoms with Crippen molar-refractivity contribution in [2.75, 3.05) is 13.1 Å². The molecule has 0 saturated carbocycles. The van der Waals surface area contributed by atoms with Gasteiger partial charge in [0.1, 0.15) is 22.8 Å². The monoisotopic (exact) mass is 596 g/mol. The number of hydrogen-bond donors (Lipinski definition) is 4. The summed E-state index contributed by atoms with van der Waals surface area (Å²) in [7, 11) is 0. The van der Waals surface area contributed by atoms with Gasteiger partial charge in [0.15, 0.2) is 0 Å². The van der Waals surface area contributed by atoms with Gasteiger partial charge in [0.25, 0.3) is 23.6 Å². The molecule has 2 aliphatic heterocycles. The Morgan fingerprint density at radius 2 is 0.886 bits per heavy atom. The molecule has 4 amide bonds. The van der Waals surface area contributed by atoms with Crippen molar-refractivity contribution in [3.8, 4) is 0 Å². The van der Waals surface area contributed by atoms with Crippen LogP contribution < -0.4 is 21.3 Å². The number of rotatable bonds is 2. The fourth-order valence-corrected chi connectivity index (χ4v) is 4.23. The number of fused-ring (bicyclic) bond motifs is 15. The normalized spacial score (nSPS) is 15.0. The lowest BCUT2D eigenvalue weighted by Gasteiger charge is -2.11. The Balaban J connectivity index is 1.54. The van der Waals surface area contributed by atoms with E-state index in [2.05, 4.69) is 51.3 Å². The van der Waals surface area contributed by atoms with E-state index in [0.717, 1.165) is 24.0 Å². The predicted octanol–water partition coefficient (Wildman–Crippen LogP) is 4.25. The Morgan fingerprint density at radius 3 is 1.23 bits per heavy atom. The lowest BCUT2D eigenvalue weighted by atomic mass is 10.1. The first-order valence-corrected chi connectivity index (χ1v) is 13.7. The van der Waals surface area contributed by atoms with Crippen LogP contribution in [0.3, 0.4) is 0 Å². The van der Waals surface area contributed by atoms with Gasteiger partial charge in [-0.25, -0.2) is 9.97 Å². The van der Waals surface area contributed by atoms with E-state index in [4.69, 9.17) is 11.1 Å². The van der Waals surface area contributed by atoms with Gasteiger partial charge in [-0.1, -0.05) is 47.3 Å². The fraction of sp³-hybridized carbons (Fsp3) is 0.286. The molecule has 1 aromatic carbocycles. The quantitative estimate of drug-likeness (QED) is 0.191. The van der Waals surface area contributed by atoms with Crippen LogP contribution in [0.15, 0.2) is 58.8 Å². The van der Waals surface area contributed by atoms with Gasteiger partial charge < -0.3 is 21.3 Å². The summed E-state index contributed by atoms with van der Waals surface area (Å²) in [5.41, 5.74) is 19.1. The zero-order chi connectivity index (χ0) is 31.3. The molecule has 5 rings (SSSR count). The third-order valence-electron chi connectivity index (χ3n) is 6.47. The molecule has 2 aliphatic rings. The summed E-state index contributed by atoms with van der Waals surface area (Å²) in [6, 6.07) is 12.3. The topological polar surface area (TPSA) is 240 Å². The highest BCUT2D eigenvalue weighted by Crippen LogP contribution is 2.18. The number of carbonyl (C=O) groups is 4. The van der Waals surface area contributed by atoms with Crippen molar-refractivity contribution in [3.05, 3.63) is 103 Å². The Morgan fingerprint density at radius 1 is 0.545 bits per heavy atom. The van der Waals surface area contributed by atoms with Crippen LogP contribution >= 0.6 is 0 Å². The summed E-state index contributed by atoms with van der Waals surface area (Å²) < 4.78 is 0. The molecule has 4 heterocycles. The molecule has 16 nitrogen and oxygen atoms in total. The predicted molar refractivity (Wildman–Crippen MR) is 158 cm³/mol. The number of carbonyl (C=O) groups excluding carboxylic acids is 4. The molecule has 0 fully saturated rings. The van der Waals surface area contributed by atoms with Crippen molar-refractivity contribution >= 4 is 35.0 Å². The number of amides is 4. The van der Waals surface area contributed by atoms with Gasteiger partial charge in [0.2, 0.25) is 0 Å². The maximum absolute atomic E-state index is 12.9. The Kier molecular flexibility index (Phi) is 10.8. The standard InChI is InChI=1S/C28H28N12O4/c29-39-37-19-11-21-25(41)31-9-3-1-2-4-10-32-26(42)22-12-20(38-40-30)14-24(36-22)28(44)34-16-18-7-5-17(6-8-18)15-33-27(43)23(13-19)35-21/h5-8,11-14H,1-4,9-10,15-16H2,(H,31,41)(H,32,42)(H,33,43)(H,34,44). The summed E-state index contributed by atoms with van der Waals surface area (Å²) in [4.78, 5) is 65.0. The van der Waals surface area contributed by atoms with E-state index in [9.17, 15) is 19.2 Å². The van der Waals surface area contributed by atoms with Gasteiger partial charge in [-0.15, -0.1) is 0 Å². The first kappa shape index (κ1) is 31.0. The number of nitrogens with zero attached hydrogens (tertiary/aromatic N) is 8. The maximum atomic E-state index is 12.9. The largest absolute Gasteiger partial charge is 0.351 e. The van der Waals surface area contributed by atoms with Gasteiger partial charge in [-0.2, -0.15) is 0 Å². The molecular formula is C28H28N12O4. The van der Waals surface area contributed by atoms with E-state index >= 15 is 0 Å². The summed E-state index contributed by atoms with van der Waals surface area (Å²) in [5.74, 6) is -2.15. The van der Waals surface area contributed by atoms with Gasteiger partial charge in [-0.05, 0) is 59.3 Å². The lowest BCUT2D eigenvalue weighted by molar-refractivity contribution is 0.0926. The zero-order valence-electron chi connectivity index (χ0n) is 23.5. The van der Waals surface area contributed by atoms with Gasteiger partial charge in [0, 0.05) is 47.4 Å². The number of nitrogens with one attached hydrogen (secondary N) is 4. The van der Waals surface area contributed by atoms with Crippen LogP contribution in [0.2, 0.25) is 0 Å². The van der Waals surface area contributed by atoms with E-state index in [1.807, 2.05) is 0 Å². The molecule has 2 aromatic heterocycles. The van der Waals surface area contributed by atoms with Crippen LogP contribution in [0.1, 0.15) is 78.8 Å². The first-order chi connectivity index (χ1) is 21.4. The second-order valence-corrected chi connectivity index (χ2v) is 9.68. The van der Waals surface area contributed by atoms with Crippen molar-refractivity contribution in [2.24, 2.45) is 10.2 Å². The van der Waals surface area contributed by atoms with Crippen LogP contribution in [0.5, 0.6) is 0 Å². The Bertz CT molecular complexity index is 1540. The molecule has 4 N–H and O–H groups in total. The fourth-order valence-electron chi connectivity index (χ4n) is 4.23. The summed E-state index contributed by atoms with van der Waals surface area (Å²) in [5, 5.41) is 18.0. The summed E-state index contributed by atoms with van der Waals surface area (Å²) in [6.45, 7) is 0.969. The highest BCUT2D eigenvalue weighted by molar-refractivity contribution is 5.98. The van der Waals surface area contributed by atoms with Crippen molar-refractivity contribution in [2.45, 2.75) is 38.8 Å². The zero-order valence-corrected chi connectivity index (χ0v) is 23.5. The molecule has 0 aliphatic carbocycles. The second-order valence-electron chi connectivity index (χ2n) is 9.68. The van der Waals surface area contributed by atoms with Crippen LogP contribution in [-0.4, -0.2) is 46.7 Å². The number of azide groups is 2. The van der Waals surface area contributed by atoms with Gasteiger partial charge in [0.05, 0.1) is 0 Å². The van der Waals surface area contributed by atoms with E-state index in [0.29, 0.717) is 25.9 Å². The first-order valence-electron chi connectivity index (χ1n) is 13.7. The maximum Gasteiger partial charge on any atom is 0.270 e. The molecule has 3 aromatic rings. The molecule has 0 atom stereocenters. The van der Waals surface area contributed by atoms with Gasteiger partial charge >= 0.3 is 0 Å². The Labute approximate surface area is 250 Å². The molecule has 0 radical (unpaired) electrons. The molecule has 44 heavy (non-hydrogen) atoms. The van der Waals surface area contributed by atoms with Crippen LogP contribution in [0.4, 0.5) is 11.4 Å². The highest BCUT2D eigenvalue weighted by atomic mass is 16.2. The SMILES string of the molecule is [N-]=[N+]=Nc1cc2nc(c1)C(=O)NCc1ccc(cc1)CNC(=O)c1cc(N=[N+]=[N-])cc(n1)C(=O)NCCCCCCNC2=O. The van der Waals surface area contributed by atoms with Crippen molar-refractivity contribution < 1.29 is 19.2 Å². The molecule has 0 unspecified atom stereocenters. The summed E-state index contributed by atoms with van der Waals surface area (Å²) >= 11 is 0. The second kappa shape index (κ2) is 15.3. The number of hydrogen-bond acceptors (Lipinski definition) is 8. The third-order valence-corrected chi connectivity index (χ3v) is 6.47. The molecular weight excluding hydrogens is 568 g/mol. The van der Waals surface area contributed by atoms with E-state index < -0.39 is 23.6 Å². The number of benzene rings is 1. The highest BCUT2D eigenvalue weighted by Gasteiger charge is 2.16. The third kappa shape index (κ3) is 8.76. The van der Waals surface area contributed by atoms with E-state index in [1.165, 1.54) is 24.3 Å². The van der Waals surface area contributed by atoms with E-state index in [-0.39, 0.29) is 47.2 Å².